The Morgan fingerprint density at radius 1 is 1.10 bits per heavy atom. The summed E-state index contributed by atoms with van der Waals surface area (Å²) in [5.74, 6) is -3.64. The molecular formula is C17H31N5O6S. The number of aliphatic carboxylic acids is 1. The number of carbonyl (C=O) groups excluding carboxylic acids is 4. The molecule has 0 aromatic carbocycles. The molecule has 0 bridgehead atoms. The second kappa shape index (κ2) is 13.8. The number of hydrogen-bond donors (Lipinski definition) is 6. The van der Waals surface area contributed by atoms with E-state index in [1.54, 1.807) is 13.8 Å². The molecule has 0 aliphatic rings. The van der Waals surface area contributed by atoms with Gasteiger partial charge in [0.1, 0.15) is 12.1 Å². The first-order chi connectivity index (χ1) is 13.5. The van der Waals surface area contributed by atoms with Gasteiger partial charge in [-0.25, -0.2) is 4.79 Å². The minimum Gasteiger partial charge on any atom is -0.480 e. The topological polar surface area (TPSA) is 194 Å². The summed E-state index contributed by atoms with van der Waals surface area (Å²) in [5, 5.41) is 16.4. The molecule has 0 aromatic rings. The van der Waals surface area contributed by atoms with Gasteiger partial charge in [-0.2, -0.15) is 11.8 Å². The van der Waals surface area contributed by atoms with Crippen LogP contribution in [0.1, 0.15) is 33.1 Å². The van der Waals surface area contributed by atoms with Gasteiger partial charge < -0.3 is 32.5 Å². The number of amides is 4. The summed E-state index contributed by atoms with van der Waals surface area (Å²) in [7, 11) is 0. The summed E-state index contributed by atoms with van der Waals surface area (Å²) in [5.41, 5.74) is 10.6. The van der Waals surface area contributed by atoms with Crippen molar-refractivity contribution in [2.75, 3.05) is 18.6 Å². The predicted octanol–water partition coefficient (Wildman–Crippen LogP) is -1.84. The smallest absolute Gasteiger partial charge is 0.326 e. The van der Waals surface area contributed by atoms with Crippen LogP contribution >= 0.6 is 11.8 Å². The van der Waals surface area contributed by atoms with Crippen molar-refractivity contribution in [3.05, 3.63) is 0 Å². The van der Waals surface area contributed by atoms with Crippen LogP contribution in [0.2, 0.25) is 0 Å². The Balaban J connectivity index is 4.84. The molecule has 166 valence electrons. The van der Waals surface area contributed by atoms with Gasteiger partial charge in [-0.1, -0.05) is 20.3 Å². The molecule has 0 spiro atoms. The monoisotopic (exact) mass is 433 g/mol. The number of carboxylic acids is 1. The van der Waals surface area contributed by atoms with E-state index in [0.29, 0.717) is 12.2 Å². The van der Waals surface area contributed by atoms with E-state index in [-0.39, 0.29) is 18.8 Å². The molecule has 0 rings (SSSR count). The Hall–Kier alpha value is -2.34. The normalized spacial score (nSPS) is 14.8. The Morgan fingerprint density at radius 3 is 2.21 bits per heavy atom. The van der Waals surface area contributed by atoms with Crippen molar-refractivity contribution in [3.63, 3.8) is 0 Å². The maximum Gasteiger partial charge on any atom is 0.326 e. The van der Waals surface area contributed by atoms with Crippen LogP contribution in [0, 0.1) is 5.92 Å². The molecular weight excluding hydrogens is 402 g/mol. The number of rotatable bonds is 14. The fourth-order valence-electron chi connectivity index (χ4n) is 2.29. The molecule has 4 amide bonds. The highest BCUT2D eigenvalue weighted by Crippen LogP contribution is 2.07. The van der Waals surface area contributed by atoms with E-state index in [4.69, 9.17) is 11.5 Å². The average Bonchev–Trinajstić information content (AvgIpc) is 2.65. The third-order valence-electron chi connectivity index (χ3n) is 4.22. The summed E-state index contributed by atoms with van der Waals surface area (Å²) < 4.78 is 0. The van der Waals surface area contributed by atoms with Crippen LogP contribution in [-0.2, 0) is 24.0 Å². The van der Waals surface area contributed by atoms with E-state index in [1.807, 2.05) is 6.26 Å². The number of carboxylic acid groups (broad SMARTS) is 1. The second-order valence-electron chi connectivity index (χ2n) is 6.61. The first-order valence-electron chi connectivity index (χ1n) is 9.16. The van der Waals surface area contributed by atoms with Gasteiger partial charge in [0.25, 0.3) is 0 Å². The van der Waals surface area contributed by atoms with Crippen molar-refractivity contribution in [1.82, 2.24) is 16.0 Å². The van der Waals surface area contributed by atoms with Crippen molar-refractivity contribution in [2.24, 2.45) is 17.4 Å². The highest BCUT2D eigenvalue weighted by atomic mass is 32.2. The highest BCUT2D eigenvalue weighted by Gasteiger charge is 2.27. The van der Waals surface area contributed by atoms with Gasteiger partial charge in [-0.05, 0) is 24.3 Å². The van der Waals surface area contributed by atoms with E-state index in [9.17, 15) is 29.1 Å². The molecule has 4 atom stereocenters. The Bertz CT molecular complexity index is 603. The van der Waals surface area contributed by atoms with E-state index in [2.05, 4.69) is 16.0 Å². The standard InChI is InChI=1S/C17H31N5O6S/c1-4-9(2)14(17(27)28)22-13(24)8-20-16(26)11(5-6-29-3)21-15(25)10(18)7-12(19)23/h9-11,14H,4-8,18H2,1-3H3,(H2,19,23)(H,20,26)(H,21,25)(H,22,24)(H,27,28). The van der Waals surface area contributed by atoms with Crippen molar-refractivity contribution in [2.45, 2.75) is 51.2 Å². The summed E-state index contributed by atoms with van der Waals surface area (Å²) >= 11 is 1.45. The predicted molar refractivity (Wildman–Crippen MR) is 109 cm³/mol. The van der Waals surface area contributed by atoms with Gasteiger partial charge in [0.05, 0.1) is 19.0 Å². The fourth-order valence-corrected chi connectivity index (χ4v) is 2.76. The third-order valence-corrected chi connectivity index (χ3v) is 4.86. The SMILES string of the molecule is CCC(C)C(NC(=O)CNC(=O)C(CCSC)NC(=O)C(N)CC(N)=O)C(=O)O. The third kappa shape index (κ3) is 10.7. The Morgan fingerprint density at radius 2 is 1.72 bits per heavy atom. The van der Waals surface area contributed by atoms with Crippen molar-refractivity contribution in [1.29, 1.82) is 0 Å². The first-order valence-corrected chi connectivity index (χ1v) is 10.6. The molecule has 29 heavy (non-hydrogen) atoms. The molecule has 11 nitrogen and oxygen atoms in total. The number of thioether (sulfide) groups is 1. The van der Waals surface area contributed by atoms with E-state index in [1.165, 1.54) is 11.8 Å². The first kappa shape index (κ1) is 26.7. The molecule has 0 saturated heterocycles. The summed E-state index contributed by atoms with van der Waals surface area (Å²) in [4.78, 5) is 58.6. The van der Waals surface area contributed by atoms with Crippen LogP contribution in [-0.4, -0.2) is 71.4 Å². The zero-order valence-corrected chi connectivity index (χ0v) is 17.7. The summed E-state index contributed by atoms with van der Waals surface area (Å²) in [6.07, 6.45) is 2.29. The van der Waals surface area contributed by atoms with Gasteiger partial charge in [-0.3, -0.25) is 19.2 Å². The van der Waals surface area contributed by atoms with Gasteiger partial charge in [0.15, 0.2) is 0 Å². The van der Waals surface area contributed by atoms with Gasteiger partial charge >= 0.3 is 5.97 Å². The molecule has 0 heterocycles. The molecule has 4 unspecified atom stereocenters. The minimum absolute atomic E-state index is 0.272. The average molecular weight is 434 g/mol. The van der Waals surface area contributed by atoms with E-state index >= 15 is 0 Å². The number of nitrogens with two attached hydrogens (primary N) is 2. The number of primary amides is 1. The summed E-state index contributed by atoms with van der Waals surface area (Å²) in [6, 6.07) is -3.22. The van der Waals surface area contributed by atoms with Crippen LogP contribution < -0.4 is 27.4 Å². The number of hydrogen-bond acceptors (Lipinski definition) is 7. The van der Waals surface area contributed by atoms with Crippen LogP contribution in [0.4, 0.5) is 0 Å². The van der Waals surface area contributed by atoms with Crippen LogP contribution in [0.25, 0.3) is 0 Å². The van der Waals surface area contributed by atoms with E-state index < -0.39 is 54.3 Å². The van der Waals surface area contributed by atoms with Crippen molar-refractivity contribution in [3.8, 4) is 0 Å². The summed E-state index contributed by atoms with van der Waals surface area (Å²) in [6.45, 7) is 3.05. The quantitative estimate of drug-likeness (QED) is 0.184. The molecule has 0 radical (unpaired) electrons. The molecule has 0 saturated carbocycles. The second-order valence-corrected chi connectivity index (χ2v) is 7.59. The lowest BCUT2D eigenvalue weighted by Gasteiger charge is -2.22. The van der Waals surface area contributed by atoms with Crippen molar-refractivity contribution >= 4 is 41.4 Å². The largest absolute Gasteiger partial charge is 0.480 e. The van der Waals surface area contributed by atoms with Gasteiger partial charge in [0.2, 0.25) is 23.6 Å². The van der Waals surface area contributed by atoms with E-state index in [0.717, 1.165) is 0 Å². The molecule has 8 N–H and O–H groups in total. The Kier molecular flexibility index (Phi) is 12.7. The lowest BCUT2D eigenvalue weighted by atomic mass is 9.99. The van der Waals surface area contributed by atoms with Crippen LogP contribution in [0.5, 0.6) is 0 Å². The maximum absolute atomic E-state index is 12.4. The molecule has 12 heteroatoms. The molecule has 0 aliphatic heterocycles. The van der Waals surface area contributed by atoms with Gasteiger partial charge in [0, 0.05) is 0 Å². The highest BCUT2D eigenvalue weighted by molar-refractivity contribution is 7.98. The van der Waals surface area contributed by atoms with Crippen LogP contribution in [0.15, 0.2) is 0 Å². The molecule has 0 aliphatic carbocycles. The molecule has 0 fully saturated rings. The maximum atomic E-state index is 12.4. The van der Waals surface area contributed by atoms with Crippen molar-refractivity contribution < 1.29 is 29.1 Å². The fraction of sp³-hybridized carbons (Fsp3) is 0.706. The lowest BCUT2D eigenvalue weighted by molar-refractivity contribution is -0.143. The zero-order valence-electron chi connectivity index (χ0n) is 16.9. The zero-order chi connectivity index (χ0) is 22.6. The van der Waals surface area contributed by atoms with Crippen LogP contribution in [0.3, 0.4) is 0 Å². The number of nitrogens with one attached hydrogen (secondary N) is 3. The number of carbonyl (C=O) groups is 5. The molecule has 0 aromatic heterocycles. The minimum atomic E-state index is -1.19. The van der Waals surface area contributed by atoms with Gasteiger partial charge in [-0.15, -0.1) is 0 Å². The Labute approximate surface area is 174 Å². The lowest BCUT2D eigenvalue weighted by Crippen LogP contribution is -2.54.